The van der Waals surface area contributed by atoms with Crippen LogP contribution in [-0.4, -0.2) is 76.6 Å². The zero-order chi connectivity index (χ0) is 21.9. The SMILES string of the molecule is CN1C(=O)N(C[C@H](COO)[C@@H](CC2CCCC2)C(=O)N2CCCCC2)C(=O)C1(C)C. The van der Waals surface area contributed by atoms with Crippen molar-refractivity contribution in [2.45, 2.75) is 70.8 Å². The Morgan fingerprint density at radius 1 is 1.13 bits per heavy atom. The maximum atomic E-state index is 13.5. The van der Waals surface area contributed by atoms with Gasteiger partial charge in [-0.2, -0.15) is 0 Å². The van der Waals surface area contributed by atoms with E-state index in [0.717, 1.165) is 51.6 Å². The third-order valence-corrected chi connectivity index (χ3v) is 7.45. The number of amides is 4. The van der Waals surface area contributed by atoms with Gasteiger partial charge in [0.2, 0.25) is 5.91 Å². The van der Waals surface area contributed by atoms with Crippen molar-refractivity contribution in [1.29, 1.82) is 0 Å². The van der Waals surface area contributed by atoms with Gasteiger partial charge < -0.3 is 9.80 Å². The van der Waals surface area contributed by atoms with Crippen molar-refractivity contribution in [2.24, 2.45) is 17.8 Å². The van der Waals surface area contributed by atoms with Crippen LogP contribution in [0.4, 0.5) is 4.79 Å². The summed E-state index contributed by atoms with van der Waals surface area (Å²) in [4.78, 5) is 48.3. The molecular formula is C22H37N3O5. The highest BCUT2D eigenvalue weighted by Crippen LogP contribution is 2.36. The van der Waals surface area contributed by atoms with Crippen LogP contribution in [0.1, 0.15) is 65.2 Å². The molecule has 0 bridgehead atoms. The number of piperidine rings is 1. The molecular weight excluding hydrogens is 386 g/mol. The summed E-state index contributed by atoms with van der Waals surface area (Å²) in [6.45, 7) is 4.97. The van der Waals surface area contributed by atoms with Crippen LogP contribution in [0, 0.1) is 17.8 Å². The second-order valence-corrected chi connectivity index (χ2v) is 9.75. The zero-order valence-electron chi connectivity index (χ0n) is 18.6. The molecule has 2 saturated heterocycles. The Labute approximate surface area is 179 Å². The summed E-state index contributed by atoms with van der Waals surface area (Å²) in [6.07, 6.45) is 8.44. The van der Waals surface area contributed by atoms with Crippen LogP contribution in [0.25, 0.3) is 0 Å². The van der Waals surface area contributed by atoms with E-state index in [4.69, 9.17) is 0 Å². The maximum Gasteiger partial charge on any atom is 0.327 e. The van der Waals surface area contributed by atoms with Crippen LogP contribution < -0.4 is 0 Å². The third-order valence-electron chi connectivity index (χ3n) is 7.45. The minimum atomic E-state index is -0.917. The molecule has 0 aromatic heterocycles. The fourth-order valence-electron chi connectivity index (χ4n) is 5.22. The van der Waals surface area contributed by atoms with Crippen molar-refractivity contribution in [3.8, 4) is 0 Å². The molecule has 1 N–H and O–H groups in total. The molecule has 1 aliphatic carbocycles. The van der Waals surface area contributed by atoms with E-state index in [0.29, 0.717) is 5.92 Å². The fraction of sp³-hybridized carbons (Fsp3) is 0.864. The van der Waals surface area contributed by atoms with Gasteiger partial charge in [-0.1, -0.05) is 25.7 Å². The quantitative estimate of drug-likeness (QED) is 0.368. The number of carbonyl (C=O) groups is 3. The summed E-state index contributed by atoms with van der Waals surface area (Å²) >= 11 is 0. The standard InChI is InChI=1S/C22H37N3O5/c1-22(2)20(27)25(21(28)23(22)3)14-17(15-30-29)18(13-16-9-5-6-10-16)19(26)24-11-7-4-8-12-24/h16-18,29H,4-15H2,1-3H3/t17-,18-/m1/s1. The molecule has 2 atom stereocenters. The van der Waals surface area contributed by atoms with Crippen LogP contribution >= 0.6 is 0 Å². The normalized spacial score (nSPS) is 24.6. The van der Waals surface area contributed by atoms with Crippen LogP contribution in [0.2, 0.25) is 0 Å². The molecule has 2 heterocycles. The second kappa shape index (κ2) is 9.64. The van der Waals surface area contributed by atoms with E-state index in [1.807, 2.05) is 4.90 Å². The van der Waals surface area contributed by atoms with Gasteiger partial charge >= 0.3 is 6.03 Å². The predicted molar refractivity (Wildman–Crippen MR) is 112 cm³/mol. The van der Waals surface area contributed by atoms with Crippen LogP contribution in [0.3, 0.4) is 0 Å². The van der Waals surface area contributed by atoms with Crippen LogP contribution in [0.5, 0.6) is 0 Å². The first-order valence-electron chi connectivity index (χ1n) is 11.4. The Bertz CT molecular complexity index is 641. The summed E-state index contributed by atoms with van der Waals surface area (Å²) in [6, 6.07) is -0.363. The molecule has 3 aliphatic rings. The number of carbonyl (C=O) groups excluding carboxylic acids is 3. The molecule has 8 nitrogen and oxygen atoms in total. The van der Waals surface area contributed by atoms with Crippen LogP contribution in [0.15, 0.2) is 0 Å². The largest absolute Gasteiger partial charge is 0.342 e. The van der Waals surface area contributed by atoms with Gasteiger partial charge in [0, 0.05) is 38.5 Å². The predicted octanol–water partition coefficient (Wildman–Crippen LogP) is 2.97. The Balaban J connectivity index is 1.82. The lowest BCUT2D eigenvalue weighted by Gasteiger charge is -2.35. The summed E-state index contributed by atoms with van der Waals surface area (Å²) in [5, 5.41) is 9.28. The molecule has 3 rings (SSSR count). The summed E-state index contributed by atoms with van der Waals surface area (Å²) in [7, 11) is 1.62. The van der Waals surface area contributed by atoms with Gasteiger partial charge in [0.05, 0.1) is 6.61 Å². The summed E-state index contributed by atoms with van der Waals surface area (Å²) < 4.78 is 0. The first-order valence-corrected chi connectivity index (χ1v) is 11.4. The van der Waals surface area contributed by atoms with Crippen molar-refractivity contribution in [2.75, 3.05) is 33.3 Å². The van der Waals surface area contributed by atoms with Gasteiger partial charge in [-0.3, -0.25) is 19.7 Å². The number of urea groups is 1. The number of likely N-dealkylation sites (tertiary alicyclic amines) is 1. The molecule has 2 aliphatic heterocycles. The van der Waals surface area contributed by atoms with E-state index in [1.165, 1.54) is 22.6 Å². The van der Waals surface area contributed by atoms with E-state index in [1.54, 1.807) is 20.9 Å². The Morgan fingerprint density at radius 3 is 2.30 bits per heavy atom. The van der Waals surface area contributed by atoms with Crippen molar-refractivity contribution in [3.63, 3.8) is 0 Å². The number of hydrogen-bond donors (Lipinski definition) is 1. The molecule has 8 heteroatoms. The lowest BCUT2D eigenvalue weighted by atomic mass is 9.82. The summed E-state index contributed by atoms with van der Waals surface area (Å²) in [5.41, 5.74) is -0.917. The van der Waals surface area contributed by atoms with Gasteiger partial charge in [0.1, 0.15) is 5.54 Å². The minimum absolute atomic E-state index is 0.0713. The Hall–Kier alpha value is -1.67. The topological polar surface area (TPSA) is 90.4 Å². The molecule has 0 aromatic carbocycles. The fourth-order valence-corrected chi connectivity index (χ4v) is 5.22. The lowest BCUT2D eigenvalue weighted by molar-refractivity contribution is -0.254. The minimum Gasteiger partial charge on any atom is -0.342 e. The average Bonchev–Trinajstić information content (AvgIpc) is 3.31. The molecule has 30 heavy (non-hydrogen) atoms. The van der Waals surface area contributed by atoms with Gasteiger partial charge in [0.25, 0.3) is 5.91 Å². The number of hydrogen-bond acceptors (Lipinski definition) is 5. The molecule has 4 amide bonds. The maximum absolute atomic E-state index is 13.5. The smallest absolute Gasteiger partial charge is 0.327 e. The van der Waals surface area contributed by atoms with Crippen LogP contribution in [-0.2, 0) is 14.5 Å². The van der Waals surface area contributed by atoms with E-state index in [-0.39, 0.29) is 36.9 Å². The highest BCUT2D eigenvalue weighted by molar-refractivity contribution is 6.06. The van der Waals surface area contributed by atoms with E-state index < -0.39 is 11.5 Å². The van der Waals surface area contributed by atoms with Gasteiger partial charge in [-0.05, 0) is 45.4 Å². The van der Waals surface area contributed by atoms with Gasteiger partial charge in [0.15, 0.2) is 0 Å². The molecule has 0 spiro atoms. The van der Waals surface area contributed by atoms with E-state index in [9.17, 15) is 19.6 Å². The molecule has 170 valence electrons. The van der Waals surface area contributed by atoms with E-state index >= 15 is 0 Å². The second-order valence-electron chi connectivity index (χ2n) is 9.75. The Morgan fingerprint density at radius 2 is 1.77 bits per heavy atom. The van der Waals surface area contributed by atoms with Gasteiger partial charge in [-0.25, -0.2) is 9.68 Å². The zero-order valence-corrected chi connectivity index (χ0v) is 18.6. The average molecular weight is 424 g/mol. The first kappa shape index (κ1) is 23.0. The molecule has 3 fully saturated rings. The van der Waals surface area contributed by atoms with Crippen molar-refractivity contribution in [1.82, 2.24) is 14.7 Å². The summed E-state index contributed by atoms with van der Waals surface area (Å²) in [5.74, 6) is -0.527. The lowest BCUT2D eigenvalue weighted by Crippen LogP contribution is -2.47. The molecule has 0 aromatic rings. The number of likely N-dealkylation sites (N-methyl/N-ethyl adjacent to an activating group) is 1. The first-order chi connectivity index (χ1) is 14.3. The van der Waals surface area contributed by atoms with E-state index in [2.05, 4.69) is 4.89 Å². The number of imide groups is 1. The third kappa shape index (κ3) is 4.64. The molecule has 0 unspecified atom stereocenters. The monoisotopic (exact) mass is 423 g/mol. The highest BCUT2D eigenvalue weighted by Gasteiger charge is 2.50. The van der Waals surface area contributed by atoms with Crippen molar-refractivity contribution in [3.05, 3.63) is 0 Å². The number of nitrogens with zero attached hydrogens (tertiary/aromatic N) is 3. The van der Waals surface area contributed by atoms with Crippen molar-refractivity contribution < 1.29 is 24.5 Å². The molecule has 0 radical (unpaired) electrons. The van der Waals surface area contributed by atoms with Gasteiger partial charge in [-0.15, -0.1) is 0 Å². The highest BCUT2D eigenvalue weighted by atomic mass is 17.1. The Kier molecular flexibility index (Phi) is 7.39. The molecule has 1 saturated carbocycles. The van der Waals surface area contributed by atoms with Crippen molar-refractivity contribution >= 4 is 17.8 Å². The number of rotatable bonds is 8.